The molecular weight excluding hydrogens is 297 g/mol. The van der Waals surface area contributed by atoms with Crippen molar-refractivity contribution >= 4 is 23.1 Å². The van der Waals surface area contributed by atoms with Crippen molar-refractivity contribution in [2.24, 2.45) is 0 Å². The fourth-order valence-electron chi connectivity index (χ4n) is 2.13. The Kier molecular flexibility index (Phi) is 2.72. The highest BCUT2D eigenvalue weighted by Gasteiger charge is 2.37. The number of halogens is 4. The van der Waals surface area contributed by atoms with Gasteiger partial charge in [0.15, 0.2) is 5.69 Å². The van der Waals surface area contributed by atoms with Crippen molar-refractivity contribution < 1.29 is 23.1 Å². The lowest BCUT2D eigenvalue weighted by molar-refractivity contribution is -0.142. The minimum Gasteiger partial charge on any atom is -0.476 e. The van der Waals surface area contributed by atoms with E-state index in [1.807, 2.05) is 0 Å². The van der Waals surface area contributed by atoms with Gasteiger partial charge in [-0.2, -0.15) is 18.3 Å². The lowest BCUT2D eigenvalue weighted by Crippen LogP contribution is -2.13. The van der Waals surface area contributed by atoms with Crippen LogP contribution in [0.1, 0.15) is 40.5 Å². The zero-order chi connectivity index (χ0) is 14.7. The monoisotopic (exact) mass is 304 g/mol. The molecule has 1 saturated carbocycles. The lowest BCUT2D eigenvalue weighted by Gasteiger charge is -2.11. The third-order valence-electron chi connectivity index (χ3n) is 3.24. The minimum absolute atomic E-state index is 0.0270. The molecule has 0 amide bonds. The van der Waals surface area contributed by atoms with E-state index in [0.717, 1.165) is 18.9 Å². The maximum absolute atomic E-state index is 13.1. The van der Waals surface area contributed by atoms with E-state index in [1.165, 1.54) is 6.07 Å². The van der Waals surface area contributed by atoms with Crippen LogP contribution in [0.4, 0.5) is 13.2 Å². The number of hydrogen-bond donors (Lipinski definition) is 1. The summed E-state index contributed by atoms with van der Waals surface area (Å²) >= 11 is 5.84. The van der Waals surface area contributed by atoms with Crippen molar-refractivity contribution in [3.05, 3.63) is 34.1 Å². The Morgan fingerprint density at radius 3 is 2.55 bits per heavy atom. The summed E-state index contributed by atoms with van der Waals surface area (Å²) in [5.41, 5.74) is -1.10. The SMILES string of the molecule is O=C(O)c1nn2c(C(F)(F)F)cc(C3CC3)cc2c1Cl. The second-order valence-electron chi connectivity index (χ2n) is 4.71. The van der Waals surface area contributed by atoms with E-state index in [1.54, 1.807) is 0 Å². The number of pyridine rings is 1. The Labute approximate surface area is 115 Å². The van der Waals surface area contributed by atoms with Crippen LogP contribution >= 0.6 is 11.6 Å². The van der Waals surface area contributed by atoms with E-state index >= 15 is 0 Å². The van der Waals surface area contributed by atoms with Crippen molar-refractivity contribution in [3.63, 3.8) is 0 Å². The molecule has 106 valence electrons. The molecule has 1 fully saturated rings. The topological polar surface area (TPSA) is 54.6 Å². The number of carboxylic acids is 1. The second-order valence-corrected chi connectivity index (χ2v) is 5.09. The van der Waals surface area contributed by atoms with Gasteiger partial charge in [0.25, 0.3) is 0 Å². The van der Waals surface area contributed by atoms with Crippen LogP contribution in [0.25, 0.3) is 5.52 Å². The van der Waals surface area contributed by atoms with Gasteiger partial charge in [-0.1, -0.05) is 11.6 Å². The number of nitrogens with zero attached hydrogens (tertiary/aromatic N) is 2. The van der Waals surface area contributed by atoms with Crippen LogP contribution in [0, 0.1) is 0 Å². The molecule has 0 atom stereocenters. The summed E-state index contributed by atoms with van der Waals surface area (Å²) in [7, 11) is 0. The summed E-state index contributed by atoms with van der Waals surface area (Å²) in [5, 5.41) is 12.1. The largest absolute Gasteiger partial charge is 0.476 e. The number of aromatic carboxylic acids is 1. The maximum Gasteiger partial charge on any atom is 0.433 e. The van der Waals surface area contributed by atoms with Gasteiger partial charge in [0.05, 0.1) is 5.52 Å². The highest BCUT2D eigenvalue weighted by Crippen LogP contribution is 2.43. The van der Waals surface area contributed by atoms with Crippen molar-refractivity contribution in [1.29, 1.82) is 0 Å². The Morgan fingerprint density at radius 1 is 1.40 bits per heavy atom. The molecule has 2 aromatic heterocycles. The summed E-state index contributed by atoms with van der Waals surface area (Å²) in [6, 6.07) is 2.49. The van der Waals surface area contributed by atoms with E-state index in [0.29, 0.717) is 10.1 Å². The third-order valence-corrected chi connectivity index (χ3v) is 3.61. The zero-order valence-electron chi connectivity index (χ0n) is 9.91. The summed E-state index contributed by atoms with van der Waals surface area (Å²) < 4.78 is 39.8. The number of carboxylic acid groups (broad SMARTS) is 1. The average molecular weight is 305 g/mol. The molecule has 2 aromatic rings. The molecule has 3 rings (SSSR count). The van der Waals surface area contributed by atoms with Gasteiger partial charge in [-0.05, 0) is 36.5 Å². The molecule has 1 aliphatic carbocycles. The van der Waals surface area contributed by atoms with E-state index < -0.39 is 23.5 Å². The molecule has 0 aromatic carbocycles. The molecule has 2 heterocycles. The summed E-state index contributed by atoms with van der Waals surface area (Å²) in [5.74, 6) is -1.37. The van der Waals surface area contributed by atoms with Gasteiger partial charge in [-0.3, -0.25) is 0 Å². The Hall–Kier alpha value is -1.76. The fourth-order valence-corrected chi connectivity index (χ4v) is 2.38. The van der Waals surface area contributed by atoms with Gasteiger partial charge in [-0.15, -0.1) is 0 Å². The predicted octanol–water partition coefficient (Wildman–Crippen LogP) is 3.58. The molecule has 4 nitrogen and oxygen atoms in total. The maximum atomic E-state index is 13.1. The van der Waals surface area contributed by atoms with Crippen LogP contribution in [-0.4, -0.2) is 20.7 Å². The molecule has 0 spiro atoms. The number of aromatic nitrogens is 2. The number of carbonyl (C=O) groups is 1. The van der Waals surface area contributed by atoms with Crippen LogP contribution in [-0.2, 0) is 6.18 Å². The number of fused-ring (bicyclic) bond motifs is 1. The molecule has 8 heteroatoms. The molecule has 20 heavy (non-hydrogen) atoms. The van der Waals surface area contributed by atoms with Crippen LogP contribution in [0.3, 0.4) is 0 Å². The van der Waals surface area contributed by atoms with E-state index in [4.69, 9.17) is 16.7 Å². The van der Waals surface area contributed by atoms with Crippen LogP contribution in [0.2, 0.25) is 5.02 Å². The Balaban J connectivity index is 2.34. The first-order valence-corrected chi connectivity index (χ1v) is 6.19. The van der Waals surface area contributed by atoms with Crippen LogP contribution in [0.5, 0.6) is 0 Å². The van der Waals surface area contributed by atoms with Crippen molar-refractivity contribution in [2.75, 3.05) is 0 Å². The van der Waals surface area contributed by atoms with Crippen molar-refractivity contribution in [2.45, 2.75) is 24.9 Å². The minimum atomic E-state index is -4.63. The highest BCUT2D eigenvalue weighted by atomic mass is 35.5. The first-order chi connectivity index (χ1) is 9.29. The van der Waals surface area contributed by atoms with Crippen LogP contribution in [0.15, 0.2) is 12.1 Å². The summed E-state index contributed by atoms with van der Waals surface area (Å²) in [4.78, 5) is 10.9. The van der Waals surface area contributed by atoms with E-state index in [9.17, 15) is 18.0 Å². The van der Waals surface area contributed by atoms with E-state index in [-0.39, 0.29) is 16.5 Å². The average Bonchev–Trinajstić information content (AvgIpc) is 3.12. The van der Waals surface area contributed by atoms with E-state index in [2.05, 4.69) is 5.10 Å². The van der Waals surface area contributed by atoms with Gasteiger partial charge >= 0.3 is 12.1 Å². The molecule has 0 saturated heterocycles. The van der Waals surface area contributed by atoms with Gasteiger partial charge in [0, 0.05) is 0 Å². The first kappa shape index (κ1) is 13.2. The number of hydrogen-bond acceptors (Lipinski definition) is 2. The number of alkyl halides is 3. The fraction of sp³-hybridized carbons (Fsp3) is 0.333. The lowest BCUT2D eigenvalue weighted by atomic mass is 10.1. The zero-order valence-corrected chi connectivity index (χ0v) is 10.7. The molecular formula is C12H8ClF3N2O2. The van der Waals surface area contributed by atoms with Gasteiger partial charge < -0.3 is 5.11 Å². The molecule has 0 bridgehead atoms. The van der Waals surface area contributed by atoms with Crippen molar-refractivity contribution in [3.8, 4) is 0 Å². The highest BCUT2D eigenvalue weighted by molar-refractivity contribution is 6.36. The standard InChI is InChI=1S/C12H8ClF3N2O2/c13-9-7-3-6(5-1-2-5)4-8(12(14,15)16)18(7)17-10(9)11(19)20/h3-5H,1-2H2,(H,19,20). The van der Waals surface area contributed by atoms with Gasteiger partial charge in [0.1, 0.15) is 10.7 Å². The number of rotatable bonds is 2. The van der Waals surface area contributed by atoms with Crippen molar-refractivity contribution in [1.82, 2.24) is 9.61 Å². The smallest absolute Gasteiger partial charge is 0.433 e. The first-order valence-electron chi connectivity index (χ1n) is 5.81. The summed E-state index contributed by atoms with van der Waals surface area (Å²) in [6.45, 7) is 0. The second kappa shape index (κ2) is 4.12. The third kappa shape index (κ3) is 2.02. The molecule has 0 unspecified atom stereocenters. The van der Waals surface area contributed by atoms with Gasteiger partial charge in [-0.25, -0.2) is 9.31 Å². The molecule has 1 N–H and O–H groups in total. The van der Waals surface area contributed by atoms with Crippen LogP contribution < -0.4 is 0 Å². The molecule has 0 radical (unpaired) electrons. The Morgan fingerprint density at radius 2 is 2.05 bits per heavy atom. The summed E-state index contributed by atoms with van der Waals surface area (Å²) in [6.07, 6.45) is -2.98. The quantitative estimate of drug-likeness (QED) is 0.922. The molecule has 0 aliphatic heterocycles. The van der Waals surface area contributed by atoms with Gasteiger partial charge in [0.2, 0.25) is 0 Å². The normalized spacial score (nSPS) is 15.8. The Bertz CT molecular complexity index is 720. The molecule has 1 aliphatic rings. The predicted molar refractivity (Wildman–Crippen MR) is 64.1 cm³/mol.